The first kappa shape index (κ1) is 19.3. The van der Waals surface area contributed by atoms with Crippen molar-refractivity contribution in [2.75, 3.05) is 6.54 Å². The van der Waals surface area contributed by atoms with Gasteiger partial charge < -0.3 is 9.84 Å². The van der Waals surface area contributed by atoms with Gasteiger partial charge >= 0.3 is 0 Å². The maximum atomic E-state index is 12.5. The highest BCUT2D eigenvalue weighted by molar-refractivity contribution is 7.13. The van der Waals surface area contributed by atoms with Gasteiger partial charge in [0.25, 0.3) is 5.91 Å². The monoisotopic (exact) mass is 424 g/mol. The number of halogens is 1. The van der Waals surface area contributed by atoms with Gasteiger partial charge in [0.15, 0.2) is 0 Å². The molecular formula is C21H17ClN4O2S. The van der Waals surface area contributed by atoms with Crippen LogP contribution in [0.3, 0.4) is 0 Å². The van der Waals surface area contributed by atoms with Gasteiger partial charge in [-0.05, 0) is 24.3 Å². The summed E-state index contributed by atoms with van der Waals surface area (Å²) in [6, 6.07) is 14.7. The molecule has 0 saturated heterocycles. The Morgan fingerprint density at radius 2 is 1.97 bits per heavy atom. The molecule has 0 saturated carbocycles. The Morgan fingerprint density at radius 3 is 2.72 bits per heavy atom. The van der Waals surface area contributed by atoms with E-state index in [1.165, 1.54) is 0 Å². The van der Waals surface area contributed by atoms with Crippen molar-refractivity contribution in [1.29, 1.82) is 0 Å². The molecule has 0 fully saturated rings. The average Bonchev–Trinajstić information content (AvgIpc) is 3.38. The van der Waals surface area contributed by atoms with Crippen molar-refractivity contribution in [2.45, 2.75) is 13.3 Å². The quantitative estimate of drug-likeness (QED) is 0.481. The topological polar surface area (TPSA) is 80.9 Å². The molecule has 2 aromatic heterocycles. The third-order valence-electron chi connectivity index (χ3n) is 4.22. The van der Waals surface area contributed by atoms with Gasteiger partial charge in [-0.25, -0.2) is 4.98 Å². The van der Waals surface area contributed by atoms with E-state index in [9.17, 15) is 4.79 Å². The predicted octanol–water partition coefficient (Wildman–Crippen LogP) is 4.79. The lowest BCUT2D eigenvalue weighted by Gasteiger charge is -2.05. The number of rotatable bonds is 6. The molecule has 0 unspecified atom stereocenters. The van der Waals surface area contributed by atoms with Crippen LogP contribution in [0.15, 0.2) is 58.4 Å². The van der Waals surface area contributed by atoms with E-state index in [1.54, 1.807) is 36.5 Å². The molecule has 0 atom stereocenters. The number of thiazole rings is 1. The van der Waals surface area contributed by atoms with E-state index >= 15 is 0 Å². The van der Waals surface area contributed by atoms with Crippen molar-refractivity contribution < 1.29 is 9.32 Å². The van der Waals surface area contributed by atoms with Crippen LogP contribution in [0.5, 0.6) is 0 Å². The van der Waals surface area contributed by atoms with Crippen molar-refractivity contribution in [3.8, 4) is 22.0 Å². The minimum absolute atomic E-state index is 0.153. The van der Waals surface area contributed by atoms with E-state index in [0.29, 0.717) is 35.3 Å². The van der Waals surface area contributed by atoms with Gasteiger partial charge in [0.1, 0.15) is 5.01 Å². The van der Waals surface area contributed by atoms with E-state index in [0.717, 1.165) is 21.8 Å². The Balaban J connectivity index is 1.35. The minimum atomic E-state index is -0.153. The third-order valence-corrected chi connectivity index (χ3v) is 5.41. The summed E-state index contributed by atoms with van der Waals surface area (Å²) in [5.41, 5.74) is 3.26. The molecule has 0 bridgehead atoms. The number of benzene rings is 2. The maximum absolute atomic E-state index is 12.5. The second-order valence-electron chi connectivity index (χ2n) is 6.37. The van der Waals surface area contributed by atoms with Crippen molar-refractivity contribution in [2.24, 2.45) is 0 Å². The fourth-order valence-corrected chi connectivity index (χ4v) is 3.76. The highest BCUT2D eigenvalue weighted by Gasteiger charge is 2.11. The summed E-state index contributed by atoms with van der Waals surface area (Å²) in [6.07, 6.45) is 0.652. The first-order chi connectivity index (χ1) is 14.1. The summed E-state index contributed by atoms with van der Waals surface area (Å²) in [4.78, 5) is 21.3. The molecular weight excluding hydrogens is 408 g/mol. The summed E-state index contributed by atoms with van der Waals surface area (Å²) in [5.74, 6) is 0.797. The Kier molecular flexibility index (Phi) is 5.69. The van der Waals surface area contributed by atoms with Gasteiger partial charge in [-0.1, -0.05) is 41.0 Å². The van der Waals surface area contributed by atoms with Crippen molar-refractivity contribution in [3.63, 3.8) is 0 Å². The minimum Gasteiger partial charge on any atom is -0.352 e. The molecule has 1 N–H and O–H groups in total. The van der Waals surface area contributed by atoms with Crippen molar-refractivity contribution >= 4 is 28.8 Å². The van der Waals surface area contributed by atoms with Gasteiger partial charge in [-0.3, -0.25) is 4.79 Å². The molecule has 0 aliphatic rings. The summed E-state index contributed by atoms with van der Waals surface area (Å²) in [5, 5.41) is 10.5. The van der Waals surface area contributed by atoms with Crippen molar-refractivity contribution in [3.05, 3.63) is 76.1 Å². The van der Waals surface area contributed by atoms with Crippen molar-refractivity contribution in [1.82, 2.24) is 20.4 Å². The molecule has 6 nitrogen and oxygen atoms in total. The summed E-state index contributed by atoms with van der Waals surface area (Å²) >= 11 is 7.51. The van der Waals surface area contributed by atoms with Crippen LogP contribution >= 0.6 is 22.9 Å². The number of hydrogen-bond donors (Lipinski definition) is 1. The molecule has 2 heterocycles. The highest BCUT2D eigenvalue weighted by Crippen LogP contribution is 2.25. The third kappa shape index (κ3) is 4.70. The average molecular weight is 425 g/mol. The number of carbonyl (C=O) groups is 1. The predicted molar refractivity (Wildman–Crippen MR) is 113 cm³/mol. The highest BCUT2D eigenvalue weighted by atomic mass is 35.5. The Hall–Kier alpha value is -3.03. The Labute approximate surface area is 176 Å². The summed E-state index contributed by atoms with van der Waals surface area (Å²) in [6.45, 7) is 2.22. The van der Waals surface area contributed by atoms with Crippen LogP contribution in [0, 0.1) is 6.92 Å². The van der Waals surface area contributed by atoms with Crippen LogP contribution in [0.1, 0.15) is 21.9 Å². The van der Waals surface area contributed by atoms with Crippen LogP contribution in [0.2, 0.25) is 5.02 Å². The van der Waals surface area contributed by atoms with Gasteiger partial charge in [-0.15, -0.1) is 11.3 Å². The lowest BCUT2D eigenvalue weighted by molar-refractivity contribution is 0.0954. The molecule has 0 aliphatic carbocycles. The van der Waals surface area contributed by atoms with Crippen LogP contribution in [0.4, 0.5) is 0 Å². The smallest absolute Gasteiger partial charge is 0.251 e. The zero-order valence-corrected chi connectivity index (χ0v) is 17.1. The number of hydrogen-bond acceptors (Lipinski definition) is 6. The molecule has 4 rings (SSSR count). The van der Waals surface area contributed by atoms with Crippen LogP contribution in [-0.2, 0) is 6.42 Å². The Bertz CT molecular complexity index is 1140. The molecule has 8 heteroatoms. The second-order valence-corrected chi connectivity index (χ2v) is 7.67. The fraction of sp³-hybridized carbons (Fsp3) is 0.143. The van der Waals surface area contributed by atoms with Gasteiger partial charge in [0, 0.05) is 47.0 Å². The second kappa shape index (κ2) is 8.55. The number of amides is 1. The lowest BCUT2D eigenvalue weighted by Crippen LogP contribution is -2.25. The zero-order valence-electron chi connectivity index (χ0n) is 15.6. The number of aryl methyl sites for hydroxylation is 1. The largest absolute Gasteiger partial charge is 0.352 e. The van der Waals surface area contributed by atoms with E-state index in [4.69, 9.17) is 16.1 Å². The normalized spacial score (nSPS) is 10.8. The lowest BCUT2D eigenvalue weighted by atomic mass is 10.1. The van der Waals surface area contributed by atoms with Crippen LogP contribution in [0.25, 0.3) is 22.0 Å². The SMILES string of the molecule is Cc1nc(-c2cccc(C(=O)NCCc3csc(-c4ccc(Cl)cc4)n3)c2)no1. The molecule has 1 amide bonds. The molecule has 0 aliphatic heterocycles. The van der Waals surface area contributed by atoms with Gasteiger partial charge in [-0.2, -0.15) is 4.98 Å². The molecule has 0 spiro atoms. The number of carbonyl (C=O) groups excluding carboxylic acids is 1. The van der Waals surface area contributed by atoms with Crippen LogP contribution in [-0.4, -0.2) is 27.6 Å². The number of aromatic nitrogens is 3. The number of nitrogens with one attached hydrogen (secondary N) is 1. The molecule has 29 heavy (non-hydrogen) atoms. The van der Waals surface area contributed by atoms with Gasteiger partial charge in [0.05, 0.1) is 5.69 Å². The molecule has 4 aromatic rings. The molecule has 146 valence electrons. The van der Waals surface area contributed by atoms with Crippen LogP contribution < -0.4 is 5.32 Å². The first-order valence-corrected chi connectivity index (χ1v) is 10.2. The summed E-state index contributed by atoms with van der Waals surface area (Å²) in [7, 11) is 0. The Morgan fingerprint density at radius 1 is 1.14 bits per heavy atom. The summed E-state index contributed by atoms with van der Waals surface area (Å²) < 4.78 is 5.00. The van der Waals surface area contributed by atoms with E-state index in [2.05, 4.69) is 20.4 Å². The van der Waals surface area contributed by atoms with E-state index in [-0.39, 0.29) is 5.91 Å². The van der Waals surface area contributed by atoms with E-state index < -0.39 is 0 Å². The molecule has 2 aromatic carbocycles. The fourth-order valence-electron chi connectivity index (χ4n) is 2.77. The first-order valence-electron chi connectivity index (χ1n) is 8.98. The number of nitrogens with zero attached hydrogens (tertiary/aromatic N) is 3. The standard InChI is InChI=1S/C21H17ClN4O2S/c1-13-24-19(26-28-13)15-3-2-4-16(11-15)20(27)23-10-9-18-12-29-21(25-18)14-5-7-17(22)8-6-14/h2-8,11-12H,9-10H2,1H3,(H,23,27). The van der Waals surface area contributed by atoms with E-state index in [1.807, 2.05) is 35.7 Å². The molecule has 0 radical (unpaired) electrons. The maximum Gasteiger partial charge on any atom is 0.251 e. The zero-order chi connectivity index (χ0) is 20.2. The van der Waals surface area contributed by atoms with Gasteiger partial charge in [0.2, 0.25) is 11.7 Å².